The highest BCUT2D eigenvalue weighted by atomic mass is 35.5. The van der Waals surface area contributed by atoms with Crippen LogP contribution in [0.15, 0.2) is 12.1 Å². The van der Waals surface area contributed by atoms with Crippen molar-refractivity contribution in [1.82, 2.24) is 0 Å². The highest BCUT2D eigenvalue weighted by Gasteiger charge is 2.48. The molecule has 0 radical (unpaired) electrons. The molecule has 78 valence electrons. The zero-order chi connectivity index (χ0) is 11.1. The predicted molar refractivity (Wildman–Crippen MR) is 59.3 cm³/mol. The van der Waals surface area contributed by atoms with E-state index in [4.69, 9.17) is 16.3 Å². The zero-order valence-electron chi connectivity index (χ0n) is 8.80. The van der Waals surface area contributed by atoms with Gasteiger partial charge in [0, 0.05) is 5.56 Å². The standard InChI is InChI=1S/C12H12ClNO/c1-8-3-4-9(13)11(15-2)10(8)12(7-14)5-6-12/h3-4H,5-6H2,1-2H3. The highest BCUT2D eigenvalue weighted by molar-refractivity contribution is 6.32. The van der Waals surface area contributed by atoms with Crippen LogP contribution in [0.25, 0.3) is 0 Å². The Labute approximate surface area is 94.4 Å². The average Bonchev–Trinajstić information content (AvgIpc) is 3.01. The number of aryl methyl sites for hydroxylation is 1. The van der Waals surface area contributed by atoms with Crippen molar-refractivity contribution in [3.63, 3.8) is 0 Å². The Balaban J connectivity index is 2.64. The molecule has 1 aliphatic carbocycles. The van der Waals surface area contributed by atoms with E-state index in [0.29, 0.717) is 10.8 Å². The molecule has 2 nitrogen and oxygen atoms in total. The van der Waals surface area contributed by atoms with Gasteiger partial charge in [-0.2, -0.15) is 5.26 Å². The van der Waals surface area contributed by atoms with Crippen molar-refractivity contribution in [2.45, 2.75) is 25.2 Å². The Kier molecular flexibility index (Phi) is 2.36. The van der Waals surface area contributed by atoms with E-state index in [0.717, 1.165) is 24.0 Å². The molecule has 0 unspecified atom stereocenters. The third-order valence-electron chi connectivity index (χ3n) is 2.96. The monoisotopic (exact) mass is 221 g/mol. The minimum absolute atomic E-state index is 0.347. The van der Waals surface area contributed by atoms with Gasteiger partial charge in [0.25, 0.3) is 0 Å². The van der Waals surface area contributed by atoms with Crippen molar-refractivity contribution in [1.29, 1.82) is 5.26 Å². The van der Waals surface area contributed by atoms with Crippen LogP contribution >= 0.6 is 11.6 Å². The van der Waals surface area contributed by atoms with Gasteiger partial charge in [-0.3, -0.25) is 0 Å². The van der Waals surface area contributed by atoms with E-state index in [2.05, 4.69) is 6.07 Å². The second-order valence-corrected chi connectivity index (χ2v) is 4.37. The van der Waals surface area contributed by atoms with Crippen LogP contribution in [0, 0.1) is 18.3 Å². The zero-order valence-corrected chi connectivity index (χ0v) is 9.56. The largest absolute Gasteiger partial charge is 0.495 e. The maximum Gasteiger partial charge on any atom is 0.142 e. The van der Waals surface area contributed by atoms with Gasteiger partial charge in [0.05, 0.1) is 23.6 Å². The molecule has 0 amide bonds. The van der Waals surface area contributed by atoms with Gasteiger partial charge in [-0.15, -0.1) is 0 Å². The molecule has 0 N–H and O–H groups in total. The van der Waals surface area contributed by atoms with Crippen molar-refractivity contribution in [2.24, 2.45) is 0 Å². The molecule has 1 aromatic carbocycles. The molecule has 2 rings (SSSR count). The molecule has 3 heteroatoms. The minimum atomic E-state index is -0.347. The van der Waals surface area contributed by atoms with E-state index in [1.807, 2.05) is 19.1 Å². The molecular formula is C12H12ClNO. The SMILES string of the molecule is COc1c(Cl)ccc(C)c1C1(C#N)CC1. The third kappa shape index (κ3) is 1.48. The first-order valence-electron chi connectivity index (χ1n) is 4.89. The Hall–Kier alpha value is -1.20. The van der Waals surface area contributed by atoms with Crippen LogP contribution in [0.3, 0.4) is 0 Å². The summed E-state index contributed by atoms with van der Waals surface area (Å²) in [6.07, 6.45) is 1.81. The molecule has 1 saturated carbocycles. The number of methoxy groups -OCH3 is 1. The molecule has 0 spiro atoms. The van der Waals surface area contributed by atoms with Crippen LogP contribution < -0.4 is 4.74 Å². The number of nitrogens with zero attached hydrogens (tertiary/aromatic N) is 1. The molecule has 0 saturated heterocycles. The fraction of sp³-hybridized carbons (Fsp3) is 0.417. The topological polar surface area (TPSA) is 33.0 Å². The second-order valence-electron chi connectivity index (χ2n) is 3.97. The van der Waals surface area contributed by atoms with E-state index in [1.54, 1.807) is 7.11 Å². The van der Waals surface area contributed by atoms with Gasteiger partial charge in [0.15, 0.2) is 0 Å². The van der Waals surface area contributed by atoms with Crippen LogP contribution in [0.1, 0.15) is 24.0 Å². The number of ether oxygens (including phenoxy) is 1. The van der Waals surface area contributed by atoms with Crippen LogP contribution in [-0.4, -0.2) is 7.11 Å². The Morgan fingerprint density at radius 2 is 2.13 bits per heavy atom. The summed E-state index contributed by atoms with van der Waals surface area (Å²) in [7, 11) is 1.59. The summed E-state index contributed by atoms with van der Waals surface area (Å²) < 4.78 is 5.30. The summed E-state index contributed by atoms with van der Waals surface area (Å²) >= 11 is 6.06. The van der Waals surface area contributed by atoms with E-state index in [1.165, 1.54) is 0 Å². The summed E-state index contributed by atoms with van der Waals surface area (Å²) in [5, 5.41) is 9.78. The minimum Gasteiger partial charge on any atom is -0.495 e. The van der Waals surface area contributed by atoms with E-state index < -0.39 is 0 Å². The molecule has 0 aromatic heterocycles. The van der Waals surface area contributed by atoms with Crippen molar-refractivity contribution in [2.75, 3.05) is 7.11 Å². The predicted octanol–water partition coefficient (Wildman–Crippen LogP) is 3.21. The molecule has 1 aromatic rings. The van der Waals surface area contributed by atoms with Crippen LogP contribution in [0.4, 0.5) is 0 Å². The average molecular weight is 222 g/mol. The highest BCUT2D eigenvalue weighted by Crippen LogP contribution is 2.53. The second kappa shape index (κ2) is 3.43. The first-order valence-corrected chi connectivity index (χ1v) is 5.27. The fourth-order valence-electron chi connectivity index (χ4n) is 1.99. The van der Waals surface area contributed by atoms with Gasteiger partial charge in [-0.1, -0.05) is 17.7 Å². The molecule has 0 atom stereocenters. The third-order valence-corrected chi connectivity index (χ3v) is 3.26. The first-order chi connectivity index (χ1) is 7.14. The normalized spacial score (nSPS) is 16.9. The van der Waals surface area contributed by atoms with E-state index >= 15 is 0 Å². The molecular weight excluding hydrogens is 210 g/mol. The quantitative estimate of drug-likeness (QED) is 0.768. The van der Waals surface area contributed by atoms with Crippen molar-refractivity contribution in [3.05, 3.63) is 28.3 Å². The van der Waals surface area contributed by atoms with Gasteiger partial charge < -0.3 is 4.74 Å². The Morgan fingerprint density at radius 1 is 1.47 bits per heavy atom. The smallest absolute Gasteiger partial charge is 0.142 e. The molecule has 0 heterocycles. The number of benzene rings is 1. The van der Waals surface area contributed by atoms with E-state index in [-0.39, 0.29) is 5.41 Å². The van der Waals surface area contributed by atoms with Gasteiger partial charge >= 0.3 is 0 Å². The molecule has 0 aliphatic heterocycles. The number of hydrogen-bond donors (Lipinski definition) is 0. The number of nitriles is 1. The number of rotatable bonds is 2. The van der Waals surface area contributed by atoms with E-state index in [9.17, 15) is 5.26 Å². The summed E-state index contributed by atoms with van der Waals surface area (Å²) in [6.45, 7) is 1.99. The molecule has 1 aliphatic rings. The maximum atomic E-state index is 9.20. The molecule has 1 fully saturated rings. The molecule has 15 heavy (non-hydrogen) atoms. The maximum absolute atomic E-state index is 9.20. The number of hydrogen-bond acceptors (Lipinski definition) is 2. The van der Waals surface area contributed by atoms with Crippen LogP contribution in [0.2, 0.25) is 5.02 Å². The summed E-state index contributed by atoms with van der Waals surface area (Å²) in [5.41, 5.74) is 1.70. The van der Waals surface area contributed by atoms with Gasteiger partial charge in [0.2, 0.25) is 0 Å². The number of halogens is 1. The lowest BCUT2D eigenvalue weighted by Crippen LogP contribution is -2.08. The molecule has 0 bridgehead atoms. The lowest BCUT2D eigenvalue weighted by Gasteiger charge is -2.16. The summed E-state index contributed by atoms with van der Waals surface area (Å²) in [4.78, 5) is 0. The lowest BCUT2D eigenvalue weighted by molar-refractivity contribution is 0.407. The van der Waals surface area contributed by atoms with Crippen molar-refractivity contribution < 1.29 is 4.74 Å². The first kappa shape index (κ1) is 10.3. The van der Waals surface area contributed by atoms with Crippen molar-refractivity contribution >= 4 is 11.6 Å². The van der Waals surface area contributed by atoms with Crippen molar-refractivity contribution in [3.8, 4) is 11.8 Å². The Morgan fingerprint density at radius 3 is 2.60 bits per heavy atom. The summed E-state index contributed by atoms with van der Waals surface area (Å²) in [6, 6.07) is 6.13. The Bertz CT molecular complexity index is 444. The van der Waals surface area contributed by atoms with Crippen LogP contribution in [-0.2, 0) is 5.41 Å². The van der Waals surface area contributed by atoms with Gasteiger partial charge in [-0.05, 0) is 31.4 Å². The fourth-order valence-corrected chi connectivity index (χ4v) is 2.23. The van der Waals surface area contributed by atoms with Gasteiger partial charge in [-0.25, -0.2) is 0 Å². The van der Waals surface area contributed by atoms with Gasteiger partial charge in [0.1, 0.15) is 5.75 Å². The summed E-state index contributed by atoms with van der Waals surface area (Å²) in [5.74, 6) is 0.663. The lowest BCUT2D eigenvalue weighted by atomic mass is 9.92. The van der Waals surface area contributed by atoms with Crippen LogP contribution in [0.5, 0.6) is 5.75 Å².